The molecule has 0 saturated heterocycles. The Balaban J connectivity index is 2.17. The average molecular weight is 413 g/mol. The van der Waals surface area contributed by atoms with Crippen molar-refractivity contribution >= 4 is 11.8 Å². The van der Waals surface area contributed by atoms with Crippen LogP contribution in [0.3, 0.4) is 0 Å². The van der Waals surface area contributed by atoms with Gasteiger partial charge in [-0.05, 0) is 49.1 Å². The van der Waals surface area contributed by atoms with Crippen LogP contribution >= 0.6 is 0 Å². The van der Waals surface area contributed by atoms with Crippen molar-refractivity contribution in [3.05, 3.63) is 59.7 Å². The fourth-order valence-corrected chi connectivity index (χ4v) is 3.14. The average Bonchev–Trinajstić information content (AvgIpc) is 2.76. The normalized spacial score (nSPS) is 11.7. The number of benzene rings is 2. The predicted octanol–water partition coefficient (Wildman–Crippen LogP) is 3.75. The molecule has 30 heavy (non-hydrogen) atoms. The van der Waals surface area contributed by atoms with E-state index in [1.165, 1.54) is 0 Å². The van der Waals surface area contributed by atoms with Gasteiger partial charge in [0, 0.05) is 13.1 Å². The minimum atomic E-state index is -0.622. The van der Waals surface area contributed by atoms with Gasteiger partial charge in [0.1, 0.15) is 17.5 Å². The van der Waals surface area contributed by atoms with E-state index in [1.54, 1.807) is 18.9 Å². The lowest BCUT2D eigenvalue weighted by molar-refractivity contribution is -0.142. The lowest BCUT2D eigenvalue weighted by Crippen LogP contribution is -2.49. The molecule has 6 nitrogen and oxygen atoms in total. The van der Waals surface area contributed by atoms with Gasteiger partial charge < -0.3 is 19.7 Å². The zero-order valence-electron chi connectivity index (χ0n) is 18.5. The highest BCUT2D eigenvalue weighted by Gasteiger charge is 2.26. The van der Waals surface area contributed by atoms with Crippen molar-refractivity contribution in [3.63, 3.8) is 0 Å². The van der Waals surface area contributed by atoms with E-state index in [0.717, 1.165) is 16.9 Å². The summed E-state index contributed by atoms with van der Waals surface area (Å²) >= 11 is 0. The van der Waals surface area contributed by atoms with Crippen LogP contribution in [0.5, 0.6) is 11.5 Å². The number of ether oxygens (including phenoxy) is 2. The standard InChI is InChI=1S/C24H32N2O4/c1-6-25-24(28)18(4)26(15-19-11-13-20(29-5)14-12-19)23(27)16-30-22-10-8-7-9-21(22)17(2)3/h7-14,17-18H,6,15-16H2,1-5H3,(H,25,28)/t18-/m1/s1. The monoisotopic (exact) mass is 412 g/mol. The molecule has 0 aliphatic heterocycles. The molecule has 0 heterocycles. The smallest absolute Gasteiger partial charge is 0.261 e. The molecule has 0 bridgehead atoms. The molecule has 1 atom stereocenters. The Morgan fingerprint density at radius 3 is 2.30 bits per heavy atom. The zero-order valence-corrected chi connectivity index (χ0v) is 18.5. The van der Waals surface area contributed by atoms with Gasteiger partial charge in [-0.3, -0.25) is 9.59 Å². The van der Waals surface area contributed by atoms with Gasteiger partial charge >= 0.3 is 0 Å². The van der Waals surface area contributed by atoms with Crippen molar-refractivity contribution < 1.29 is 19.1 Å². The van der Waals surface area contributed by atoms with E-state index in [2.05, 4.69) is 19.2 Å². The summed E-state index contributed by atoms with van der Waals surface area (Å²) in [5.74, 6) is 1.27. The predicted molar refractivity (Wildman–Crippen MR) is 118 cm³/mol. The first-order valence-corrected chi connectivity index (χ1v) is 10.3. The van der Waals surface area contributed by atoms with Crippen LogP contribution in [0.4, 0.5) is 0 Å². The highest BCUT2D eigenvalue weighted by atomic mass is 16.5. The molecule has 6 heteroatoms. The molecule has 2 aromatic carbocycles. The van der Waals surface area contributed by atoms with Crippen LogP contribution in [-0.4, -0.2) is 43.0 Å². The maximum Gasteiger partial charge on any atom is 0.261 e. The van der Waals surface area contributed by atoms with Gasteiger partial charge in [0.2, 0.25) is 5.91 Å². The molecule has 162 valence electrons. The largest absolute Gasteiger partial charge is 0.497 e. The van der Waals surface area contributed by atoms with Crippen LogP contribution < -0.4 is 14.8 Å². The number of nitrogens with one attached hydrogen (secondary N) is 1. The third-order valence-corrected chi connectivity index (χ3v) is 4.92. The molecule has 1 N–H and O–H groups in total. The number of likely N-dealkylation sites (N-methyl/N-ethyl adjacent to an activating group) is 1. The van der Waals surface area contributed by atoms with Crippen LogP contribution in [0.15, 0.2) is 48.5 Å². The Hall–Kier alpha value is -3.02. The lowest BCUT2D eigenvalue weighted by atomic mass is 10.0. The second-order valence-corrected chi connectivity index (χ2v) is 7.42. The Labute approximate surface area is 179 Å². The van der Waals surface area contributed by atoms with Crippen molar-refractivity contribution in [2.75, 3.05) is 20.3 Å². The topological polar surface area (TPSA) is 67.9 Å². The van der Waals surface area contributed by atoms with Gasteiger partial charge in [-0.1, -0.05) is 44.2 Å². The number of carbonyl (C=O) groups is 2. The summed E-state index contributed by atoms with van der Waals surface area (Å²) in [6.07, 6.45) is 0. The molecule has 0 fully saturated rings. The first-order valence-electron chi connectivity index (χ1n) is 10.3. The molecule has 2 aromatic rings. The van der Waals surface area contributed by atoms with Crippen molar-refractivity contribution in [2.24, 2.45) is 0 Å². The number of carbonyl (C=O) groups excluding carboxylic acids is 2. The summed E-state index contributed by atoms with van der Waals surface area (Å²) in [6.45, 7) is 8.42. The van der Waals surface area contributed by atoms with E-state index in [4.69, 9.17) is 9.47 Å². The number of nitrogens with zero attached hydrogens (tertiary/aromatic N) is 1. The quantitative estimate of drug-likeness (QED) is 0.645. The number of hydrogen-bond donors (Lipinski definition) is 1. The minimum Gasteiger partial charge on any atom is -0.497 e. The highest BCUT2D eigenvalue weighted by molar-refractivity contribution is 5.87. The van der Waals surface area contributed by atoms with Gasteiger partial charge in [-0.25, -0.2) is 0 Å². The number of amides is 2. The fourth-order valence-electron chi connectivity index (χ4n) is 3.14. The molecular weight excluding hydrogens is 380 g/mol. The van der Waals surface area contributed by atoms with Crippen LogP contribution in [0.25, 0.3) is 0 Å². The second-order valence-electron chi connectivity index (χ2n) is 7.42. The molecule has 2 amide bonds. The van der Waals surface area contributed by atoms with Gasteiger partial charge in [0.25, 0.3) is 5.91 Å². The second kappa shape index (κ2) is 11.2. The molecule has 0 aliphatic carbocycles. The summed E-state index contributed by atoms with van der Waals surface area (Å²) in [5, 5.41) is 2.79. The van der Waals surface area contributed by atoms with Gasteiger partial charge in [0.15, 0.2) is 6.61 Å². The molecule has 0 radical (unpaired) electrons. The van der Waals surface area contributed by atoms with Crippen molar-refractivity contribution in [3.8, 4) is 11.5 Å². The molecule has 2 rings (SSSR count). The van der Waals surface area contributed by atoms with Crippen LogP contribution in [0.2, 0.25) is 0 Å². The molecule has 0 spiro atoms. The van der Waals surface area contributed by atoms with E-state index < -0.39 is 6.04 Å². The van der Waals surface area contributed by atoms with Crippen molar-refractivity contribution in [1.82, 2.24) is 10.2 Å². The summed E-state index contributed by atoms with van der Waals surface area (Å²) in [6, 6.07) is 14.5. The lowest BCUT2D eigenvalue weighted by Gasteiger charge is -2.29. The van der Waals surface area contributed by atoms with E-state index in [-0.39, 0.29) is 24.3 Å². The van der Waals surface area contributed by atoms with Crippen LogP contribution in [0, 0.1) is 0 Å². The maximum atomic E-state index is 13.1. The summed E-state index contributed by atoms with van der Waals surface area (Å²) < 4.78 is 11.1. The molecule has 0 aliphatic rings. The number of para-hydroxylation sites is 1. The summed E-state index contributed by atoms with van der Waals surface area (Å²) in [4.78, 5) is 27.0. The molecule has 0 aromatic heterocycles. The third-order valence-electron chi connectivity index (χ3n) is 4.92. The molecular formula is C24H32N2O4. The van der Waals surface area contributed by atoms with Crippen LogP contribution in [0.1, 0.15) is 44.7 Å². The number of rotatable bonds is 10. The van der Waals surface area contributed by atoms with Crippen molar-refractivity contribution in [2.45, 2.75) is 46.2 Å². The van der Waals surface area contributed by atoms with E-state index in [1.807, 2.05) is 55.5 Å². The van der Waals surface area contributed by atoms with E-state index in [0.29, 0.717) is 18.8 Å². The SMILES string of the molecule is CCNC(=O)[C@@H](C)N(Cc1ccc(OC)cc1)C(=O)COc1ccccc1C(C)C. The minimum absolute atomic E-state index is 0.135. The summed E-state index contributed by atoms with van der Waals surface area (Å²) in [5.41, 5.74) is 1.95. The van der Waals surface area contributed by atoms with Gasteiger partial charge in [-0.2, -0.15) is 0 Å². The highest BCUT2D eigenvalue weighted by Crippen LogP contribution is 2.26. The number of hydrogen-bond acceptors (Lipinski definition) is 4. The van der Waals surface area contributed by atoms with Gasteiger partial charge in [-0.15, -0.1) is 0 Å². The molecule has 0 saturated carbocycles. The first-order chi connectivity index (χ1) is 14.4. The maximum absolute atomic E-state index is 13.1. The Morgan fingerprint density at radius 1 is 1.03 bits per heavy atom. The van der Waals surface area contributed by atoms with E-state index >= 15 is 0 Å². The zero-order chi connectivity index (χ0) is 22.1. The first kappa shape index (κ1) is 23.3. The number of methoxy groups -OCH3 is 1. The Bertz CT molecular complexity index is 833. The van der Waals surface area contributed by atoms with E-state index in [9.17, 15) is 9.59 Å². The van der Waals surface area contributed by atoms with Gasteiger partial charge in [0.05, 0.1) is 7.11 Å². The Morgan fingerprint density at radius 2 is 1.70 bits per heavy atom. The Kier molecular flexibility index (Phi) is 8.71. The van der Waals surface area contributed by atoms with Crippen LogP contribution in [-0.2, 0) is 16.1 Å². The third kappa shape index (κ3) is 6.24. The molecule has 0 unspecified atom stereocenters. The summed E-state index contributed by atoms with van der Waals surface area (Å²) in [7, 11) is 1.61. The fraction of sp³-hybridized carbons (Fsp3) is 0.417. The van der Waals surface area contributed by atoms with Crippen molar-refractivity contribution in [1.29, 1.82) is 0 Å².